The molecule has 0 saturated heterocycles. The highest BCUT2D eigenvalue weighted by Gasteiger charge is 2.09. The van der Waals surface area contributed by atoms with Crippen LogP contribution >= 0.6 is 0 Å². The maximum atomic E-state index is 14.0. The van der Waals surface area contributed by atoms with E-state index >= 15 is 0 Å². The van der Waals surface area contributed by atoms with E-state index in [0.29, 0.717) is 17.7 Å². The second-order valence-electron chi connectivity index (χ2n) is 4.65. The molecule has 1 aromatic carbocycles. The fourth-order valence-corrected chi connectivity index (χ4v) is 1.91. The van der Waals surface area contributed by atoms with Gasteiger partial charge in [-0.1, -0.05) is 23.4 Å². The van der Waals surface area contributed by atoms with E-state index in [-0.39, 0.29) is 11.9 Å². The maximum absolute atomic E-state index is 14.0. The molecule has 1 aromatic heterocycles. The molecule has 6 heteroatoms. The van der Waals surface area contributed by atoms with E-state index in [1.807, 2.05) is 25.1 Å². The van der Waals surface area contributed by atoms with Crippen molar-refractivity contribution in [2.45, 2.75) is 19.5 Å². The molecule has 0 radical (unpaired) electrons. The molecular formula is C15H17FN4O. The molecule has 0 saturated carbocycles. The van der Waals surface area contributed by atoms with E-state index in [0.717, 1.165) is 5.69 Å². The molecule has 0 aliphatic rings. The lowest BCUT2D eigenvalue weighted by Crippen LogP contribution is -2.20. The summed E-state index contributed by atoms with van der Waals surface area (Å²) in [6, 6.07) is 10.2. The lowest BCUT2D eigenvalue weighted by atomic mass is 10.1. The summed E-state index contributed by atoms with van der Waals surface area (Å²) in [5.41, 5.74) is 7.17. The molecule has 5 nitrogen and oxygen atoms in total. The van der Waals surface area contributed by atoms with Crippen molar-refractivity contribution in [1.29, 1.82) is 0 Å². The van der Waals surface area contributed by atoms with E-state index in [1.165, 1.54) is 6.07 Å². The predicted octanol–water partition coefficient (Wildman–Crippen LogP) is 2.17. The normalized spacial score (nSPS) is 13.1. The first kappa shape index (κ1) is 14.9. The SMILES string of the molecule is CC(NCc1ccc(C(N)=NO)cc1F)c1ccccn1. The highest BCUT2D eigenvalue weighted by molar-refractivity contribution is 5.97. The summed E-state index contributed by atoms with van der Waals surface area (Å²) < 4.78 is 14.0. The van der Waals surface area contributed by atoms with E-state index in [4.69, 9.17) is 10.9 Å². The Labute approximate surface area is 122 Å². The Morgan fingerprint density at radius 1 is 1.43 bits per heavy atom. The van der Waals surface area contributed by atoms with Crippen molar-refractivity contribution in [3.05, 3.63) is 65.2 Å². The predicted molar refractivity (Wildman–Crippen MR) is 78.4 cm³/mol. The van der Waals surface area contributed by atoms with Crippen LogP contribution in [0, 0.1) is 5.82 Å². The second-order valence-corrected chi connectivity index (χ2v) is 4.65. The molecule has 0 bridgehead atoms. The van der Waals surface area contributed by atoms with Gasteiger partial charge in [0.15, 0.2) is 5.84 Å². The van der Waals surface area contributed by atoms with Crippen molar-refractivity contribution >= 4 is 5.84 Å². The first-order valence-electron chi connectivity index (χ1n) is 6.52. The van der Waals surface area contributed by atoms with Crippen LogP contribution in [0.1, 0.15) is 29.8 Å². The number of aromatic nitrogens is 1. The van der Waals surface area contributed by atoms with Crippen LogP contribution in [0.2, 0.25) is 0 Å². The molecular weight excluding hydrogens is 271 g/mol. The minimum absolute atomic E-state index is 0.00866. The molecule has 1 heterocycles. The van der Waals surface area contributed by atoms with Crippen LogP contribution in [0.5, 0.6) is 0 Å². The van der Waals surface area contributed by atoms with Gasteiger partial charge in [0.2, 0.25) is 0 Å². The molecule has 0 fully saturated rings. The Bertz CT molecular complexity index is 631. The number of pyridine rings is 1. The van der Waals surface area contributed by atoms with Gasteiger partial charge in [0.1, 0.15) is 5.82 Å². The molecule has 0 amide bonds. The van der Waals surface area contributed by atoms with Gasteiger partial charge in [-0.05, 0) is 25.1 Å². The molecule has 110 valence electrons. The summed E-state index contributed by atoms with van der Waals surface area (Å²) in [4.78, 5) is 4.25. The van der Waals surface area contributed by atoms with Crippen LogP contribution in [0.15, 0.2) is 47.8 Å². The van der Waals surface area contributed by atoms with Crippen molar-refractivity contribution in [3.63, 3.8) is 0 Å². The first-order chi connectivity index (χ1) is 10.1. The molecule has 2 aromatic rings. The largest absolute Gasteiger partial charge is 0.409 e. The number of nitrogens with zero attached hydrogens (tertiary/aromatic N) is 2. The summed E-state index contributed by atoms with van der Waals surface area (Å²) >= 11 is 0. The molecule has 1 unspecified atom stereocenters. The number of hydrogen-bond donors (Lipinski definition) is 3. The Hall–Kier alpha value is -2.47. The molecule has 0 aliphatic heterocycles. The summed E-state index contributed by atoms with van der Waals surface area (Å²) in [6.07, 6.45) is 1.72. The number of hydrogen-bond acceptors (Lipinski definition) is 4. The molecule has 1 atom stereocenters. The smallest absolute Gasteiger partial charge is 0.170 e. The van der Waals surface area contributed by atoms with E-state index in [9.17, 15) is 4.39 Å². The highest BCUT2D eigenvalue weighted by atomic mass is 19.1. The van der Waals surface area contributed by atoms with Crippen LogP contribution in [-0.4, -0.2) is 16.0 Å². The van der Waals surface area contributed by atoms with Crippen molar-refractivity contribution < 1.29 is 9.60 Å². The van der Waals surface area contributed by atoms with Crippen LogP contribution in [0.3, 0.4) is 0 Å². The van der Waals surface area contributed by atoms with Crippen molar-refractivity contribution in [2.75, 3.05) is 0 Å². The second kappa shape index (κ2) is 6.81. The summed E-state index contributed by atoms with van der Waals surface area (Å²) in [5, 5.41) is 14.6. The molecule has 0 aliphatic carbocycles. The zero-order valence-corrected chi connectivity index (χ0v) is 11.6. The molecule has 0 spiro atoms. The van der Waals surface area contributed by atoms with Crippen molar-refractivity contribution in [2.24, 2.45) is 10.9 Å². The quantitative estimate of drug-likeness (QED) is 0.341. The van der Waals surface area contributed by atoms with Gasteiger partial charge in [-0.2, -0.15) is 0 Å². The number of amidine groups is 1. The van der Waals surface area contributed by atoms with Crippen molar-refractivity contribution in [3.8, 4) is 0 Å². The summed E-state index contributed by atoms with van der Waals surface area (Å²) in [5.74, 6) is -0.518. The van der Waals surface area contributed by atoms with Gasteiger partial charge in [0, 0.05) is 29.9 Å². The Morgan fingerprint density at radius 3 is 2.86 bits per heavy atom. The van der Waals surface area contributed by atoms with Gasteiger partial charge in [-0.3, -0.25) is 4.98 Å². The van der Waals surface area contributed by atoms with E-state index in [1.54, 1.807) is 18.3 Å². The monoisotopic (exact) mass is 288 g/mol. The lowest BCUT2D eigenvalue weighted by Gasteiger charge is -2.14. The zero-order valence-electron chi connectivity index (χ0n) is 11.6. The van der Waals surface area contributed by atoms with Gasteiger partial charge in [0.25, 0.3) is 0 Å². The minimum Gasteiger partial charge on any atom is -0.409 e. The van der Waals surface area contributed by atoms with E-state index in [2.05, 4.69) is 15.5 Å². The minimum atomic E-state index is -0.403. The van der Waals surface area contributed by atoms with Crippen LogP contribution in [-0.2, 0) is 6.54 Å². The molecule has 4 N–H and O–H groups in total. The number of benzene rings is 1. The van der Waals surface area contributed by atoms with Gasteiger partial charge in [-0.15, -0.1) is 0 Å². The third-order valence-electron chi connectivity index (χ3n) is 3.19. The third kappa shape index (κ3) is 3.76. The van der Waals surface area contributed by atoms with Crippen molar-refractivity contribution in [1.82, 2.24) is 10.3 Å². The Balaban J connectivity index is 2.04. The number of halogens is 1. The fraction of sp³-hybridized carbons (Fsp3) is 0.200. The Morgan fingerprint density at radius 2 is 2.24 bits per heavy atom. The van der Waals surface area contributed by atoms with Gasteiger partial charge in [0.05, 0.1) is 5.69 Å². The number of oxime groups is 1. The topological polar surface area (TPSA) is 83.5 Å². The third-order valence-corrected chi connectivity index (χ3v) is 3.19. The highest BCUT2D eigenvalue weighted by Crippen LogP contribution is 2.13. The average Bonchev–Trinajstić information content (AvgIpc) is 2.53. The summed E-state index contributed by atoms with van der Waals surface area (Å²) in [6.45, 7) is 2.32. The Kier molecular flexibility index (Phi) is 4.84. The fourth-order valence-electron chi connectivity index (χ4n) is 1.91. The van der Waals surface area contributed by atoms with Crippen LogP contribution in [0.4, 0.5) is 4.39 Å². The number of rotatable bonds is 5. The number of nitrogens with two attached hydrogens (primary N) is 1. The average molecular weight is 288 g/mol. The van der Waals surface area contributed by atoms with Crippen LogP contribution in [0.25, 0.3) is 0 Å². The summed E-state index contributed by atoms with van der Waals surface area (Å²) in [7, 11) is 0. The first-order valence-corrected chi connectivity index (χ1v) is 6.52. The molecule has 21 heavy (non-hydrogen) atoms. The molecule has 2 rings (SSSR count). The zero-order chi connectivity index (χ0) is 15.2. The maximum Gasteiger partial charge on any atom is 0.170 e. The standard InChI is InChI=1S/C15H17FN4O/c1-10(14-4-2-3-7-18-14)19-9-12-6-5-11(8-13(12)16)15(17)20-21/h2-8,10,19,21H,9H2,1H3,(H2,17,20). The van der Waals surface area contributed by atoms with E-state index < -0.39 is 5.82 Å². The lowest BCUT2D eigenvalue weighted by molar-refractivity contribution is 0.318. The van der Waals surface area contributed by atoms with Crippen LogP contribution < -0.4 is 11.1 Å². The number of nitrogens with one attached hydrogen (secondary N) is 1. The van der Waals surface area contributed by atoms with Gasteiger partial charge < -0.3 is 16.3 Å². The van der Waals surface area contributed by atoms with Gasteiger partial charge in [-0.25, -0.2) is 4.39 Å². The van der Waals surface area contributed by atoms with Gasteiger partial charge >= 0.3 is 0 Å².